The molecule has 3 heterocycles. The second-order valence-corrected chi connectivity index (χ2v) is 8.45. The number of nitrogens with zero attached hydrogens (tertiary/aromatic N) is 1. The van der Waals surface area contributed by atoms with E-state index in [1.807, 2.05) is 48.7 Å². The monoisotopic (exact) mass is 439 g/mol. The minimum absolute atomic E-state index is 0.0263. The lowest BCUT2D eigenvalue weighted by molar-refractivity contribution is -0.124. The van der Waals surface area contributed by atoms with Crippen LogP contribution in [-0.2, 0) is 27.3 Å². The zero-order valence-electron chi connectivity index (χ0n) is 17.3. The standard InChI is InChI=1S/C23H25N3O4S/c1-15-19(14-24-21(27)11-10-16-6-5-13-31-16)26-23(30-15)17-7-2-3-8-18(17)25-22(28)20-9-4-12-29-20/h2-3,5-8,13,20H,4,9-12,14H2,1H3,(H,24,27)(H,25,28). The Kier molecular flexibility index (Phi) is 6.79. The van der Waals surface area contributed by atoms with E-state index >= 15 is 0 Å². The number of anilines is 1. The molecule has 2 aromatic heterocycles. The number of hydrogen-bond acceptors (Lipinski definition) is 6. The molecule has 1 aliphatic rings. The van der Waals surface area contributed by atoms with Gasteiger partial charge in [0.25, 0.3) is 5.91 Å². The molecule has 1 fully saturated rings. The molecular formula is C23H25N3O4S. The lowest BCUT2D eigenvalue weighted by Gasteiger charge is -2.12. The van der Waals surface area contributed by atoms with Crippen molar-refractivity contribution in [3.8, 4) is 11.5 Å². The summed E-state index contributed by atoms with van der Waals surface area (Å²) < 4.78 is 11.3. The van der Waals surface area contributed by atoms with Gasteiger partial charge in [0.2, 0.25) is 11.8 Å². The molecule has 1 aliphatic heterocycles. The molecule has 3 aromatic rings. The summed E-state index contributed by atoms with van der Waals surface area (Å²) in [5.74, 6) is 0.852. The number of rotatable bonds is 8. The van der Waals surface area contributed by atoms with Crippen molar-refractivity contribution in [2.24, 2.45) is 0 Å². The Morgan fingerprint density at radius 3 is 2.87 bits per heavy atom. The number of thiophene rings is 1. The van der Waals surface area contributed by atoms with Crippen LogP contribution in [0, 0.1) is 6.92 Å². The van der Waals surface area contributed by atoms with Crippen molar-refractivity contribution in [1.29, 1.82) is 0 Å². The number of para-hydroxylation sites is 1. The van der Waals surface area contributed by atoms with Crippen LogP contribution < -0.4 is 10.6 Å². The van der Waals surface area contributed by atoms with E-state index in [0.717, 1.165) is 19.3 Å². The highest BCUT2D eigenvalue weighted by Crippen LogP contribution is 2.29. The van der Waals surface area contributed by atoms with Crippen molar-refractivity contribution in [2.75, 3.05) is 11.9 Å². The van der Waals surface area contributed by atoms with Gasteiger partial charge in [-0.3, -0.25) is 9.59 Å². The average molecular weight is 440 g/mol. The Labute approximate surface area is 184 Å². The van der Waals surface area contributed by atoms with Gasteiger partial charge in [0, 0.05) is 17.9 Å². The summed E-state index contributed by atoms with van der Waals surface area (Å²) in [5.41, 5.74) is 1.97. The van der Waals surface area contributed by atoms with Gasteiger partial charge in [-0.15, -0.1) is 11.3 Å². The number of ether oxygens (including phenoxy) is 1. The molecule has 1 aromatic carbocycles. The zero-order valence-corrected chi connectivity index (χ0v) is 18.2. The SMILES string of the molecule is Cc1oc(-c2ccccc2NC(=O)C2CCCO2)nc1CNC(=O)CCc1cccs1. The highest BCUT2D eigenvalue weighted by Gasteiger charge is 2.25. The highest BCUT2D eigenvalue weighted by atomic mass is 32.1. The molecule has 0 radical (unpaired) electrons. The summed E-state index contributed by atoms with van der Waals surface area (Å²) in [6.07, 6.45) is 2.36. The van der Waals surface area contributed by atoms with Crippen molar-refractivity contribution in [2.45, 2.75) is 45.3 Å². The van der Waals surface area contributed by atoms with Crippen LogP contribution in [0.25, 0.3) is 11.5 Å². The van der Waals surface area contributed by atoms with E-state index < -0.39 is 6.10 Å². The quantitative estimate of drug-likeness (QED) is 0.552. The lowest BCUT2D eigenvalue weighted by Crippen LogP contribution is -2.27. The second kappa shape index (κ2) is 9.89. The number of aryl methyl sites for hydroxylation is 2. The van der Waals surface area contributed by atoms with Crippen LogP contribution >= 0.6 is 11.3 Å². The number of hydrogen-bond donors (Lipinski definition) is 2. The first-order chi connectivity index (χ1) is 15.1. The first kappa shape index (κ1) is 21.3. The molecule has 7 nitrogen and oxygen atoms in total. The van der Waals surface area contributed by atoms with Gasteiger partial charge in [0.05, 0.1) is 17.8 Å². The number of oxazole rings is 1. The fourth-order valence-corrected chi connectivity index (χ4v) is 4.15. The molecule has 0 aliphatic carbocycles. The number of carbonyl (C=O) groups is 2. The van der Waals surface area contributed by atoms with E-state index in [2.05, 4.69) is 15.6 Å². The van der Waals surface area contributed by atoms with E-state index in [1.54, 1.807) is 11.3 Å². The van der Waals surface area contributed by atoms with E-state index in [1.165, 1.54) is 4.88 Å². The first-order valence-corrected chi connectivity index (χ1v) is 11.3. The van der Waals surface area contributed by atoms with Gasteiger partial charge < -0.3 is 19.8 Å². The van der Waals surface area contributed by atoms with E-state index in [9.17, 15) is 9.59 Å². The first-order valence-electron chi connectivity index (χ1n) is 10.4. The number of aromatic nitrogens is 1. The molecule has 0 bridgehead atoms. The molecule has 2 amide bonds. The molecule has 1 saturated heterocycles. The minimum Gasteiger partial charge on any atom is -0.441 e. The lowest BCUT2D eigenvalue weighted by atomic mass is 10.1. The summed E-state index contributed by atoms with van der Waals surface area (Å²) >= 11 is 1.65. The smallest absolute Gasteiger partial charge is 0.253 e. The highest BCUT2D eigenvalue weighted by molar-refractivity contribution is 7.09. The third-order valence-electron chi connectivity index (χ3n) is 5.16. The molecule has 31 heavy (non-hydrogen) atoms. The Bertz CT molecular complexity index is 1040. The maximum atomic E-state index is 12.5. The molecule has 1 unspecified atom stereocenters. The molecule has 1 atom stereocenters. The average Bonchev–Trinajstić information content (AvgIpc) is 3.53. The van der Waals surface area contributed by atoms with Gasteiger partial charge in [-0.2, -0.15) is 0 Å². The summed E-state index contributed by atoms with van der Waals surface area (Å²) in [4.78, 5) is 30.4. The minimum atomic E-state index is -0.417. The van der Waals surface area contributed by atoms with Crippen LogP contribution in [0.3, 0.4) is 0 Å². The predicted molar refractivity (Wildman–Crippen MR) is 119 cm³/mol. The summed E-state index contributed by atoms with van der Waals surface area (Å²) in [7, 11) is 0. The molecule has 2 N–H and O–H groups in total. The number of nitrogens with one attached hydrogen (secondary N) is 2. The van der Waals surface area contributed by atoms with E-state index in [0.29, 0.717) is 48.2 Å². The largest absolute Gasteiger partial charge is 0.441 e. The van der Waals surface area contributed by atoms with Crippen LogP contribution in [0.5, 0.6) is 0 Å². The maximum Gasteiger partial charge on any atom is 0.253 e. The van der Waals surface area contributed by atoms with Crippen LogP contribution in [-0.4, -0.2) is 29.5 Å². The van der Waals surface area contributed by atoms with E-state index in [4.69, 9.17) is 9.15 Å². The van der Waals surface area contributed by atoms with Crippen molar-refractivity contribution in [3.05, 3.63) is 58.1 Å². The Morgan fingerprint density at radius 1 is 1.23 bits per heavy atom. The topological polar surface area (TPSA) is 93.5 Å². The molecule has 0 spiro atoms. The number of benzene rings is 1. The Morgan fingerprint density at radius 2 is 2.10 bits per heavy atom. The second-order valence-electron chi connectivity index (χ2n) is 7.41. The molecule has 8 heteroatoms. The summed E-state index contributed by atoms with van der Waals surface area (Å²) in [6, 6.07) is 11.4. The van der Waals surface area contributed by atoms with Crippen molar-refractivity contribution in [3.63, 3.8) is 0 Å². The maximum absolute atomic E-state index is 12.5. The molecule has 162 valence electrons. The summed E-state index contributed by atoms with van der Waals surface area (Å²) in [6.45, 7) is 2.72. The van der Waals surface area contributed by atoms with Crippen LogP contribution in [0.2, 0.25) is 0 Å². The molecule has 0 saturated carbocycles. The number of amides is 2. The normalized spacial score (nSPS) is 15.7. The van der Waals surface area contributed by atoms with Crippen molar-refractivity contribution < 1.29 is 18.7 Å². The van der Waals surface area contributed by atoms with Gasteiger partial charge in [-0.25, -0.2) is 4.98 Å². The van der Waals surface area contributed by atoms with Crippen LogP contribution in [0.15, 0.2) is 46.2 Å². The molecule has 4 rings (SSSR count). The fourth-order valence-electron chi connectivity index (χ4n) is 3.45. The van der Waals surface area contributed by atoms with Gasteiger partial charge in [-0.1, -0.05) is 18.2 Å². The van der Waals surface area contributed by atoms with Gasteiger partial charge in [0.15, 0.2) is 0 Å². The fraction of sp³-hybridized carbons (Fsp3) is 0.348. The Hall–Kier alpha value is -2.97. The Balaban J connectivity index is 1.40. The van der Waals surface area contributed by atoms with E-state index in [-0.39, 0.29) is 11.8 Å². The van der Waals surface area contributed by atoms with Gasteiger partial charge >= 0.3 is 0 Å². The summed E-state index contributed by atoms with van der Waals surface area (Å²) in [5, 5.41) is 7.84. The number of carbonyl (C=O) groups excluding carboxylic acids is 2. The molecular weight excluding hydrogens is 414 g/mol. The van der Waals surface area contributed by atoms with Crippen molar-refractivity contribution in [1.82, 2.24) is 10.3 Å². The van der Waals surface area contributed by atoms with Gasteiger partial charge in [0.1, 0.15) is 17.6 Å². The van der Waals surface area contributed by atoms with Crippen LogP contribution in [0.4, 0.5) is 5.69 Å². The zero-order chi connectivity index (χ0) is 21.6. The predicted octanol–water partition coefficient (Wildman–Crippen LogP) is 4.08. The third kappa shape index (κ3) is 5.39. The van der Waals surface area contributed by atoms with Crippen molar-refractivity contribution >= 4 is 28.8 Å². The van der Waals surface area contributed by atoms with Gasteiger partial charge in [-0.05, 0) is 49.8 Å². The third-order valence-corrected chi connectivity index (χ3v) is 6.10. The van der Waals surface area contributed by atoms with Crippen LogP contribution in [0.1, 0.15) is 35.6 Å².